The highest BCUT2D eigenvalue weighted by atomic mass is 35.5. The minimum Gasteiger partial charge on any atom is -0.492 e. The van der Waals surface area contributed by atoms with Gasteiger partial charge in [0, 0.05) is 34.4 Å². The summed E-state index contributed by atoms with van der Waals surface area (Å²) >= 11 is 6.17. The van der Waals surface area contributed by atoms with E-state index in [1.807, 2.05) is 19.1 Å². The minimum absolute atomic E-state index is 0.143. The highest BCUT2D eigenvalue weighted by Gasteiger charge is 2.23. The second-order valence-electron chi connectivity index (χ2n) is 5.46. The van der Waals surface area contributed by atoms with Gasteiger partial charge in [-0.15, -0.1) is 0 Å². The van der Waals surface area contributed by atoms with E-state index in [1.165, 1.54) is 0 Å². The number of nitrogens with one attached hydrogen (secondary N) is 2. The summed E-state index contributed by atoms with van der Waals surface area (Å²) in [6, 6.07) is 4.99. The Morgan fingerprint density at radius 3 is 3.05 bits per heavy atom. The Bertz CT molecular complexity index is 568. The van der Waals surface area contributed by atoms with Crippen molar-refractivity contribution in [2.24, 2.45) is 0 Å². The number of ether oxygens (including phenoxy) is 1. The first-order valence-electron chi connectivity index (χ1n) is 7.25. The van der Waals surface area contributed by atoms with Crippen molar-refractivity contribution in [3.63, 3.8) is 0 Å². The Balaban J connectivity index is 2.05. The van der Waals surface area contributed by atoms with Gasteiger partial charge in [0.05, 0.1) is 17.7 Å². The maximum atomic E-state index is 12.1. The normalized spacial score (nSPS) is 20.0. The standard InChI is InChI=1S/C15H21ClN2O3S/c1-10(9-22(2)20)17-15(19)18-13-7-4-8-21-14-11(13)5-3-6-12(14)16/h3,5-6,10,13H,4,7-9H2,1-2H3,(H2,17,18,19)/t10-,13-,22-/m1/s1. The number of carbonyl (C=O) groups excluding carboxylic acids is 1. The predicted molar refractivity (Wildman–Crippen MR) is 89.0 cm³/mol. The average molecular weight is 345 g/mol. The number of rotatable bonds is 4. The number of benzene rings is 1. The lowest BCUT2D eigenvalue weighted by Crippen LogP contribution is -2.44. The molecular weight excluding hydrogens is 324 g/mol. The molecule has 0 fully saturated rings. The van der Waals surface area contributed by atoms with E-state index >= 15 is 0 Å². The van der Waals surface area contributed by atoms with Gasteiger partial charge in [-0.25, -0.2) is 4.79 Å². The third-order valence-corrected chi connectivity index (χ3v) is 4.69. The number of hydrogen-bond donors (Lipinski definition) is 2. The van der Waals surface area contributed by atoms with Crippen molar-refractivity contribution in [3.05, 3.63) is 28.8 Å². The van der Waals surface area contributed by atoms with Gasteiger partial charge < -0.3 is 15.4 Å². The molecule has 2 N–H and O–H groups in total. The molecule has 1 aliphatic rings. The lowest BCUT2D eigenvalue weighted by atomic mass is 10.0. The number of amides is 2. The molecule has 0 unspecified atom stereocenters. The van der Waals surface area contributed by atoms with Gasteiger partial charge >= 0.3 is 6.03 Å². The molecule has 22 heavy (non-hydrogen) atoms. The van der Waals surface area contributed by atoms with Gasteiger partial charge in [0.25, 0.3) is 0 Å². The molecule has 2 amide bonds. The summed E-state index contributed by atoms with van der Waals surface area (Å²) in [5.74, 6) is 1.08. The van der Waals surface area contributed by atoms with Crippen molar-refractivity contribution in [2.45, 2.75) is 31.8 Å². The quantitative estimate of drug-likeness (QED) is 0.882. The van der Waals surface area contributed by atoms with Crippen molar-refractivity contribution in [1.82, 2.24) is 10.6 Å². The summed E-state index contributed by atoms with van der Waals surface area (Å²) in [5, 5.41) is 6.32. The zero-order valence-corrected chi connectivity index (χ0v) is 14.3. The molecule has 1 aromatic carbocycles. The fourth-order valence-corrected chi connectivity index (χ4v) is 3.56. The third kappa shape index (κ3) is 4.61. The molecule has 1 heterocycles. The van der Waals surface area contributed by atoms with Crippen LogP contribution in [0.1, 0.15) is 31.4 Å². The number of para-hydroxylation sites is 1. The number of halogens is 1. The van der Waals surface area contributed by atoms with Crippen LogP contribution in [0.15, 0.2) is 18.2 Å². The van der Waals surface area contributed by atoms with Crippen LogP contribution >= 0.6 is 11.6 Å². The summed E-state index contributed by atoms with van der Waals surface area (Å²) in [4.78, 5) is 12.1. The van der Waals surface area contributed by atoms with Gasteiger partial charge in [0.15, 0.2) is 0 Å². The minimum atomic E-state index is -0.941. The Hall–Kier alpha value is -1.27. The summed E-state index contributed by atoms with van der Waals surface area (Å²) in [6.45, 7) is 2.42. The van der Waals surface area contributed by atoms with Gasteiger partial charge in [0.1, 0.15) is 5.75 Å². The second kappa shape index (κ2) is 7.83. The Labute approximate surface area is 138 Å². The van der Waals surface area contributed by atoms with Crippen LogP contribution in [0.2, 0.25) is 5.02 Å². The van der Waals surface area contributed by atoms with E-state index in [1.54, 1.807) is 12.3 Å². The first kappa shape index (κ1) is 17.1. The maximum absolute atomic E-state index is 12.1. The van der Waals surface area contributed by atoms with E-state index in [-0.39, 0.29) is 18.1 Å². The molecule has 0 aromatic heterocycles. The van der Waals surface area contributed by atoms with E-state index in [4.69, 9.17) is 16.3 Å². The van der Waals surface area contributed by atoms with Crippen molar-refractivity contribution in [3.8, 4) is 5.75 Å². The number of carbonyl (C=O) groups is 1. The predicted octanol–water partition coefficient (Wildman–Crippen LogP) is 2.62. The molecule has 0 bridgehead atoms. The third-order valence-electron chi connectivity index (χ3n) is 3.42. The Morgan fingerprint density at radius 2 is 2.32 bits per heavy atom. The second-order valence-corrected chi connectivity index (χ2v) is 7.35. The van der Waals surface area contributed by atoms with E-state index in [0.717, 1.165) is 18.4 Å². The Kier molecular flexibility index (Phi) is 6.08. The van der Waals surface area contributed by atoms with Gasteiger partial charge in [-0.3, -0.25) is 4.21 Å². The van der Waals surface area contributed by atoms with Gasteiger partial charge in [-0.2, -0.15) is 0 Å². The van der Waals surface area contributed by atoms with Crippen LogP contribution in [-0.4, -0.2) is 34.9 Å². The van der Waals surface area contributed by atoms with Crippen molar-refractivity contribution >= 4 is 28.4 Å². The zero-order valence-electron chi connectivity index (χ0n) is 12.7. The fourth-order valence-electron chi connectivity index (χ4n) is 2.54. The number of fused-ring (bicyclic) bond motifs is 1. The highest BCUT2D eigenvalue weighted by Crippen LogP contribution is 2.36. The van der Waals surface area contributed by atoms with Crippen LogP contribution in [-0.2, 0) is 10.8 Å². The first-order valence-corrected chi connectivity index (χ1v) is 9.36. The van der Waals surface area contributed by atoms with Crippen LogP contribution in [0.3, 0.4) is 0 Å². The van der Waals surface area contributed by atoms with Crippen molar-refractivity contribution in [1.29, 1.82) is 0 Å². The summed E-state index contributed by atoms with van der Waals surface area (Å²) in [7, 11) is -0.941. The monoisotopic (exact) mass is 344 g/mol. The summed E-state index contributed by atoms with van der Waals surface area (Å²) in [5.41, 5.74) is 0.895. The zero-order chi connectivity index (χ0) is 16.1. The molecule has 0 spiro atoms. The van der Waals surface area contributed by atoms with Crippen LogP contribution in [0, 0.1) is 0 Å². The van der Waals surface area contributed by atoms with Crippen LogP contribution < -0.4 is 15.4 Å². The lowest BCUT2D eigenvalue weighted by molar-refractivity contribution is 0.234. The van der Waals surface area contributed by atoms with Crippen LogP contribution in [0.25, 0.3) is 0 Å². The molecule has 2 rings (SSSR count). The van der Waals surface area contributed by atoms with Crippen LogP contribution in [0.4, 0.5) is 4.79 Å². The number of urea groups is 1. The number of hydrogen-bond acceptors (Lipinski definition) is 3. The highest BCUT2D eigenvalue weighted by molar-refractivity contribution is 7.84. The van der Waals surface area contributed by atoms with Crippen LogP contribution in [0.5, 0.6) is 5.75 Å². The molecule has 1 aromatic rings. The summed E-state index contributed by atoms with van der Waals surface area (Å²) < 4.78 is 16.9. The van der Waals surface area contributed by atoms with E-state index in [2.05, 4.69) is 10.6 Å². The molecule has 3 atom stereocenters. The fraction of sp³-hybridized carbons (Fsp3) is 0.533. The van der Waals surface area contributed by atoms with Gasteiger partial charge in [-0.1, -0.05) is 23.7 Å². The first-order chi connectivity index (χ1) is 10.5. The summed E-state index contributed by atoms with van der Waals surface area (Å²) in [6.07, 6.45) is 3.25. The molecule has 0 saturated carbocycles. The van der Waals surface area contributed by atoms with Gasteiger partial charge in [0.2, 0.25) is 0 Å². The van der Waals surface area contributed by atoms with Crippen molar-refractivity contribution < 1.29 is 13.7 Å². The van der Waals surface area contributed by atoms with E-state index in [9.17, 15) is 9.00 Å². The molecular formula is C15H21ClN2O3S. The smallest absolute Gasteiger partial charge is 0.315 e. The largest absolute Gasteiger partial charge is 0.492 e. The molecule has 0 saturated heterocycles. The average Bonchev–Trinajstić information content (AvgIpc) is 2.61. The molecule has 1 aliphatic heterocycles. The SMILES string of the molecule is C[C@H](C[S@@](C)=O)NC(=O)N[C@@H]1CCCOc2c(Cl)cccc21. The van der Waals surface area contributed by atoms with E-state index in [0.29, 0.717) is 23.1 Å². The molecule has 122 valence electrons. The molecule has 0 radical (unpaired) electrons. The van der Waals surface area contributed by atoms with Gasteiger partial charge in [-0.05, 0) is 25.8 Å². The maximum Gasteiger partial charge on any atom is 0.315 e. The topological polar surface area (TPSA) is 67.4 Å². The molecule has 5 nitrogen and oxygen atoms in total. The Morgan fingerprint density at radius 1 is 1.55 bits per heavy atom. The lowest BCUT2D eigenvalue weighted by Gasteiger charge is -2.21. The molecule has 0 aliphatic carbocycles. The van der Waals surface area contributed by atoms with Crippen molar-refractivity contribution in [2.75, 3.05) is 18.6 Å². The molecule has 7 heteroatoms. The van der Waals surface area contributed by atoms with E-state index < -0.39 is 10.8 Å².